The second-order valence-corrected chi connectivity index (χ2v) is 5.58. The number of thiophene rings is 1. The molecule has 0 fully saturated rings. The monoisotopic (exact) mass is 271 g/mol. The smallest absolute Gasteiger partial charge is 0.204 e. The lowest BCUT2D eigenvalue weighted by Gasteiger charge is -2.16. The molecule has 0 aliphatic carbocycles. The van der Waals surface area contributed by atoms with Gasteiger partial charge in [0.2, 0.25) is 5.95 Å². The fraction of sp³-hybridized carbons (Fsp3) is 0.267. The molecule has 2 aromatic heterocycles. The maximum Gasteiger partial charge on any atom is 0.204 e. The van der Waals surface area contributed by atoms with Crippen molar-refractivity contribution in [3.8, 4) is 0 Å². The van der Waals surface area contributed by atoms with Gasteiger partial charge in [0.25, 0.3) is 0 Å². The SMILES string of the molecule is CCC(Nc1nc2ccccc2n1C)c1cccs1. The molecule has 19 heavy (non-hydrogen) atoms. The summed E-state index contributed by atoms with van der Waals surface area (Å²) in [5.41, 5.74) is 2.19. The van der Waals surface area contributed by atoms with Gasteiger partial charge < -0.3 is 9.88 Å². The van der Waals surface area contributed by atoms with Crippen molar-refractivity contribution in [1.82, 2.24) is 9.55 Å². The Bertz CT molecular complexity index is 670. The minimum Gasteiger partial charge on any atom is -0.348 e. The zero-order chi connectivity index (χ0) is 13.2. The second kappa shape index (κ2) is 5.05. The van der Waals surface area contributed by atoms with Gasteiger partial charge in [0.05, 0.1) is 17.1 Å². The van der Waals surface area contributed by atoms with Crippen molar-refractivity contribution in [1.29, 1.82) is 0 Å². The first kappa shape index (κ1) is 12.2. The minimum absolute atomic E-state index is 0.329. The highest BCUT2D eigenvalue weighted by molar-refractivity contribution is 7.10. The van der Waals surface area contributed by atoms with Gasteiger partial charge in [0, 0.05) is 11.9 Å². The number of rotatable bonds is 4. The number of benzene rings is 1. The topological polar surface area (TPSA) is 29.9 Å². The lowest BCUT2D eigenvalue weighted by molar-refractivity contribution is 0.742. The molecular formula is C15H17N3S. The molecule has 3 rings (SSSR count). The average molecular weight is 271 g/mol. The van der Waals surface area contributed by atoms with Crippen molar-refractivity contribution >= 4 is 28.3 Å². The van der Waals surface area contributed by atoms with Crippen LogP contribution in [0, 0.1) is 0 Å². The second-order valence-electron chi connectivity index (χ2n) is 4.60. The van der Waals surface area contributed by atoms with Gasteiger partial charge in [0.15, 0.2) is 0 Å². The van der Waals surface area contributed by atoms with Crippen molar-refractivity contribution < 1.29 is 0 Å². The van der Waals surface area contributed by atoms with E-state index in [1.807, 2.05) is 18.2 Å². The van der Waals surface area contributed by atoms with Crippen LogP contribution in [0.4, 0.5) is 5.95 Å². The van der Waals surface area contributed by atoms with E-state index in [9.17, 15) is 0 Å². The number of fused-ring (bicyclic) bond motifs is 1. The fourth-order valence-corrected chi connectivity index (χ4v) is 3.16. The zero-order valence-electron chi connectivity index (χ0n) is 11.1. The molecule has 0 radical (unpaired) electrons. The Labute approximate surface area is 116 Å². The van der Waals surface area contributed by atoms with Gasteiger partial charge in [-0.3, -0.25) is 0 Å². The van der Waals surface area contributed by atoms with Crippen LogP contribution in [-0.2, 0) is 7.05 Å². The van der Waals surface area contributed by atoms with E-state index >= 15 is 0 Å². The molecule has 1 unspecified atom stereocenters. The lowest BCUT2D eigenvalue weighted by Crippen LogP contribution is -2.11. The Balaban J connectivity index is 1.94. The number of nitrogens with zero attached hydrogens (tertiary/aromatic N) is 2. The van der Waals surface area contributed by atoms with Crippen LogP contribution in [0.2, 0.25) is 0 Å². The number of aryl methyl sites for hydroxylation is 1. The van der Waals surface area contributed by atoms with Gasteiger partial charge in [-0.25, -0.2) is 4.98 Å². The average Bonchev–Trinajstić information content (AvgIpc) is 3.06. The quantitative estimate of drug-likeness (QED) is 0.770. The third-order valence-electron chi connectivity index (χ3n) is 3.39. The van der Waals surface area contributed by atoms with Crippen LogP contribution < -0.4 is 5.32 Å². The molecule has 0 aliphatic heterocycles. The van der Waals surface area contributed by atoms with Crippen molar-refractivity contribution in [2.24, 2.45) is 7.05 Å². The first-order valence-electron chi connectivity index (χ1n) is 6.51. The number of para-hydroxylation sites is 2. The van der Waals surface area contributed by atoms with Gasteiger partial charge in [0.1, 0.15) is 0 Å². The number of anilines is 1. The summed E-state index contributed by atoms with van der Waals surface area (Å²) in [5, 5.41) is 5.67. The van der Waals surface area contributed by atoms with Gasteiger partial charge >= 0.3 is 0 Å². The molecule has 0 amide bonds. The first-order valence-corrected chi connectivity index (χ1v) is 7.39. The maximum atomic E-state index is 4.67. The maximum absolute atomic E-state index is 4.67. The summed E-state index contributed by atoms with van der Waals surface area (Å²) in [7, 11) is 2.05. The summed E-state index contributed by atoms with van der Waals surface area (Å²) in [6.45, 7) is 2.19. The highest BCUT2D eigenvalue weighted by atomic mass is 32.1. The number of hydrogen-bond acceptors (Lipinski definition) is 3. The third kappa shape index (κ3) is 2.24. The van der Waals surface area contributed by atoms with Crippen LogP contribution in [0.5, 0.6) is 0 Å². The number of hydrogen-bond donors (Lipinski definition) is 1. The first-order chi connectivity index (χ1) is 9.29. The van der Waals surface area contributed by atoms with Crippen LogP contribution >= 0.6 is 11.3 Å². The summed E-state index contributed by atoms with van der Waals surface area (Å²) in [6.07, 6.45) is 1.05. The van der Waals surface area contributed by atoms with Crippen LogP contribution in [0.3, 0.4) is 0 Å². The Kier molecular flexibility index (Phi) is 3.25. The fourth-order valence-electron chi connectivity index (χ4n) is 2.29. The number of nitrogens with one attached hydrogen (secondary N) is 1. The molecule has 0 spiro atoms. The van der Waals surface area contributed by atoms with E-state index in [-0.39, 0.29) is 0 Å². The largest absolute Gasteiger partial charge is 0.348 e. The highest BCUT2D eigenvalue weighted by Crippen LogP contribution is 2.27. The van der Waals surface area contributed by atoms with E-state index in [1.165, 1.54) is 4.88 Å². The van der Waals surface area contributed by atoms with Gasteiger partial charge in [-0.2, -0.15) is 0 Å². The highest BCUT2D eigenvalue weighted by Gasteiger charge is 2.14. The molecule has 1 N–H and O–H groups in total. The van der Waals surface area contributed by atoms with E-state index < -0.39 is 0 Å². The van der Waals surface area contributed by atoms with Gasteiger partial charge in [-0.05, 0) is 30.0 Å². The normalized spacial score (nSPS) is 12.7. The molecule has 0 aliphatic rings. The molecule has 4 heteroatoms. The molecule has 1 aromatic carbocycles. The van der Waals surface area contributed by atoms with Crippen LogP contribution in [0.25, 0.3) is 11.0 Å². The predicted molar refractivity (Wildman–Crippen MR) is 81.7 cm³/mol. The molecule has 2 heterocycles. The van der Waals surface area contributed by atoms with Crippen molar-refractivity contribution in [2.75, 3.05) is 5.32 Å². The van der Waals surface area contributed by atoms with Crippen molar-refractivity contribution in [2.45, 2.75) is 19.4 Å². The molecular weight excluding hydrogens is 254 g/mol. The Morgan fingerprint density at radius 3 is 2.79 bits per heavy atom. The van der Waals surface area contributed by atoms with E-state index in [0.29, 0.717) is 6.04 Å². The van der Waals surface area contributed by atoms with Gasteiger partial charge in [-0.15, -0.1) is 11.3 Å². The summed E-state index contributed by atoms with van der Waals surface area (Å²) in [4.78, 5) is 6.02. The Hall–Kier alpha value is -1.81. The van der Waals surface area contributed by atoms with Crippen molar-refractivity contribution in [3.05, 3.63) is 46.7 Å². The van der Waals surface area contributed by atoms with E-state index in [2.05, 4.69) is 52.4 Å². The zero-order valence-corrected chi connectivity index (χ0v) is 11.9. The minimum atomic E-state index is 0.329. The summed E-state index contributed by atoms with van der Waals surface area (Å²) < 4.78 is 2.12. The Morgan fingerprint density at radius 1 is 1.26 bits per heavy atom. The van der Waals surface area contributed by atoms with Gasteiger partial charge in [-0.1, -0.05) is 25.1 Å². The Morgan fingerprint density at radius 2 is 2.11 bits per heavy atom. The van der Waals surface area contributed by atoms with Crippen LogP contribution in [0.1, 0.15) is 24.3 Å². The summed E-state index contributed by atoms with van der Waals surface area (Å²) >= 11 is 1.79. The van der Waals surface area contributed by atoms with Crippen LogP contribution in [0.15, 0.2) is 41.8 Å². The van der Waals surface area contributed by atoms with E-state index in [1.54, 1.807) is 11.3 Å². The van der Waals surface area contributed by atoms with Crippen molar-refractivity contribution in [3.63, 3.8) is 0 Å². The molecule has 0 saturated heterocycles. The number of aromatic nitrogens is 2. The van der Waals surface area contributed by atoms with E-state index in [4.69, 9.17) is 0 Å². The van der Waals surface area contributed by atoms with Crippen LogP contribution in [-0.4, -0.2) is 9.55 Å². The van der Waals surface area contributed by atoms with E-state index in [0.717, 1.165) is 23.4 Å². The molecule has 3 aromatic rings. The lowest BCUT2D eigenvalue weighted by atomic mass is 10.2. The molecule has 0 bridgehead atoms. The molecule has 98 valence electrons. The number of imidazole rings is 1. The molecule has 3 nitrogen and oxygen atoms in total. The summed E-state index contributed by atoms with van der Waals surface area (Å²) in [6, 6.07) is 12.8. The third-order valence-corrected chi connectivity index (χ3v) is 4.37. The predicted octanol–water partition coefficient (Wildman–Crippen LogP) is 4.20. The molecule has 0 saturated carbocycles. The summed E-state index contributed by atoms with van der Waals surface area (Å²) in [5.74, 6) is 0.932. The standard InChI is InChI=1S/C15H17N3S/c1-3-11(14-9-6-10-19-14)16-15-17-12-7-4-5-8-13(12)18(15)2/h4-11H,3H2,1-2H3,(H,16,17). The molecule has 1 atom stereocenters.